The van der Waals surface area contributed by atoms with Crippen molar-refractivity contribution in [2.45, 2.75) is 26.1 Å². The van der Waals surface area contributed by atoms with Crippen LogP contribution in [0.25, 0.3) is 0 Å². The maximum absolute atomic E-state index is 12.2. The molecule has 10 heteroatoms. The van der Waals surface area contributed by atoms with Crippen molar-refractivity contribution in [3.8, 4) is 5.75 Å². The summed E-state index contributed by atoms with van der Waals surface area (Å²) in [5, 5.41) is 5.25. The molecule has 0 bridgehead atoms. The minimum atomic E-state index is -4.45. The summed E-state index contributed by atoms with van der Waals surface area (Å²) in [6, 6.07) is 5.38. The number of alkyl halides is 3. The van der Waals surface area contributed by atoms with Crippen molar-refractivity contribution < 1.29 is 30.4 Å². The van der Waals surface area contributed by atoms with Gasteiger partial charge in [-0.3, -0.25) is 9.59 Å². The fourth-order valence-corrected chi connectivity index (χ4v) is 2.08. The van der Waals surface area contributed by atoms with Crippen LogP contribution in [0.2, 0.25) is 0 Å². The van der Waals surface area contributed by atoms with Crippen LogP contribution in [0.15, 0.2) is 36.7 Å². The summed E-state index contributed by atoms with van der Waals surface area (Å²) in [5.41, 5.74) is 0.726. The SMILES string of the molecule is CC(=O)Nc1cc(C(C)NC(=O)c2ccc(OCC(F)(F)F)cn2)ccn1.[HH].[HH]. The van der Waals surface area contributed by atoms with Crippen molar-refractivity contribution in [2.24, 2.45) is 0 Å². The van der Waals surface area contributed by atoms with Gasteiger partial charge >= 0.3 is 6.18 Å². The number of halogens is 3. The normalized spacial score (nSPS) is 12.2. The maximum Gasteiger partial charge on any atom is 0.422 e. The van der Waals surface area contributed by atoms with Gasteiger partial charge in [-0.2, -0.15) is 13.2 Å². The van der Waals surface area contributed by atoms with E-state index >= 15 is 0 Å². The highest BCUT2D eigenvalue weighted by Gasteiger charge is 2.28. The topological polar surface area (TPSA) is 93.2 Å². The average molecular weight is 386 g/mol. The number of carbonyl (C=O) groups excluding carboxylic acids is 2. The lowest BCUT2D eigenvalue weighted by Gasteiger charge is -2.15. The Morgan fingerprint density at radius 3 is 2.59 bits per heavy atom. The number of anilines is 1. The van der Waals surface area contributed by atoms with Crippen LogP contribution in [0.3, 0.4) is 0 Å². The zero-order valence-corrected chi connectivity index (χ0v) is 14.5. The van der Waals surface area contributed by atoms with Crippen molar-refractivity contribution >= 4 is 17.6 Å². The minimum Gasteiger partial charge on any atom is -0.483 e. The van der Waals surface area contributed by atoms with E-state index in [0.29, 0.717) is 11.4 Å². The number of ether oxygens (including phenoxy) is 1. The zero-order valence-electron chi connectivity index (χ0n) is 14.5. The van der Waals surface area contributed by atoms with Crippen LogP contribution in [-0.4, -0.2) is 34.6 Å². The van der Waals surface area contributed by atoms with Crippen molar-refractivity contribution in [3.05, 3.63) is 47.9 Å². The number of nitrogens with one attached hydrogen (secondary N) is 2. The molecule has 0 aliphatic carbocycles. The van der Waals surface area contributed by atoms with E-state index < -0.39 is 24.7 Å². The van der Waals surface area contributed by atoms with Gasteiger partial charge in [-0.05, 0) is 36.8 Å². The highest BCUT2D eigenvalue weighted by molar-refractivity contribution is 5.92. The molecule has 0 fully saturated rings. The van der Waals surface area contributed by atoms with Crippen LogP contribution < -0.4 is 15.4 Å². The number of amides is 2. The Kier molecular flexibility index (Phi) is 6.32. The van der Waals surface area contributed by atoms with Crippen molar-refractivity contribution in [1.29, 1.82) is 0 Å². The summed E-state index contributed by atoms with van der Waals surface area (Å²) >= 11 is 0. The Hall–Kier alpha value is -3.17. The lowest BCUT2D eigenvalue weighted by Crippen LogP contribution is -2.27. The Morgan fingerprint density at radius 1 is 1.26 bits per heavy atom. The molecule has 2 rings (SSSR count). The van der Waals surface area contributed by atoms with Gasteiger partial charge in [0.25, 0.3) is 5.91 Å². The predicted molar refractivity (Wildman–Crippen MR) is 94.4 cm³/mol. The molecule has 0 aliphatic heterocycles. The van der Waals surface area contributed by atoms with E-state index in [-0.39, 0.29) is 20.2 Å². The second-order valence-corrected chi connectivity index (χ2v) is 5.63. The Balaban J connectivity index is 0.00000392. The monoisotopic (exact) mass is 386 g/mol. The van der Waals surface area contributed by atoms with Gasteiger partial charge in [0, 0.05) is 16.0 Å². The van der Waals surface area contributed by atoms with Gasteiger partial charge in [0.15, 0.2) is 6.61 Å². The summed E-state index contributed by atoms with van der Waals surface area (Å²) < 4.78 is 40.9. The molecule has 0 saturated carbocycles. The van der Waals surface area contributed by atoms with Crippen molar-refractivity contribution in [1.82, 2.24) is 15.3 Å². The van der Waals surface area contributed by atoms with Crippen molar-refractivity contribution in [2.75, 3.05) is 11.9 Å². The van der Waals surface area contributed by atoms with Gasteiger partial charge in [-0.15, -0.1) is 0 Å². The quantitative estimate of drug-likeness (QED) is 0.794. The Labute approximate surface area is 155 Å². The highest BCUT2D eigenvalue weighted by atomic mass is 19.4. The molecule has 2 aromatic heterocycles. The van der Waals surface area contributed by atoms with E-state index in [9.17, 15) is 22.8 Å². The molecule has 0 spiro atoms. The van der Waals surface area contributed by atoms with Gasteiger partial charge in [-0.1, -0.05) is 0 Å². The van der Waals surface area contributed by atoms with Crippen molar-refractivity contribution in [3.63, 3.8) is 0 Å². The molecule has 148 valence electrons. The lowest BCUT2D eigenvalue weighted by molar-refractivity contribution is -0.153. The first-order valence-electron chi connectivity index (χ1n) is 7.84. The third kappa shape index (κ3) is 6.57. The lowest BCUT2D eigenvalue weighted by atomic mass is 10.1. The highest BCUT2D eigenvalue weighted by Crippen LogP contribution is 2.19. The Morgan fingerprint density at radius 2 is 2.00 bits per heavy atom. The molecule has 0 aromatic carbocycles. The van der Waals surface area contributed by atoms with E-state index in [4.69, 9.17) is 0 Å². The van der Waals surface area contributed by atoms with Gasteiger partial charge < -0.3 is 15.4 Å². The first kappa shape index (κ1) is 20.1. The number of hydrogen-bond donors (Lipinski definition) is 2. The first-order valence-corrected chi connectivity index (χ1v) is 7.84. The molecule has 2 amide bonds. The van der Waals surface area contributed by atoms with Crippen LogP contribution in [-0.2, 0) is 4.79 Å². The molecule has 2 heterocycles. The molecule has 1 atom stereocenters. The van der Waals surface area contributed by atoms with E-state index in [2.05, 4.69) is 25.3 Å². The maximum atomic E-state index is 12.2. The van der Waals surface area contributed by atoms with E-state index in [1.54, 1.807) is 19.1 Å². The van der Waals surface area contributed by atoms with E-state index in [1.807, 2.05) is 0 Å². The molecule has 0 radical (unpaired) electrons. The third-order valence-electron chi connectivity index (χ3n) is 3.31. The third-order valence-corrected chi connectivity index (χ3v) is 3.31. The Bertz CT molecular complexity index is 820. The molecule has 1 unspecified atom stereocenters. The molecule has 0 aliphatic rings. The minimum absolute atomic E-state index is 0. The van der Waals surface area contributed by atoms with Crippen LogP contribution >= 0.6 is 0 Å². The number of aromatic nitrogens is 2. The van der Waals surface area contributed by atoms with E-state index in [1.165, 1.54) is 25.3 Å². The smallest absolute Gasteiger partial charge is 0.422 e. The summed E-state index contributed by atoms with van der Waals surface area (Å²) in [7, 11) is 0. The van der Waals surface area contributed by atoms with Gasteiger partial charge in [0.1, 0.15) is 17.3 Å². The number of hydrogen-bond acceptors (Lipinski definition) is 5. The van der Waals surface area contributed by atoms with Crippen LogP contribution in [0.5, 0.6) is 5.75 Å². The van der Waals surface area contributed by atoms with Crippen LogP contribution in [0.4, 0.5) is 19.0 Å². The van der Waals surface area contributed by atoms with Crippen LogP contribution in [0, 0.1) is 0 Å². The molecule has 2 N–H and O–H groups in total. The molecular weight excluding hydrogens is 365 g/mol. The summed E-state index contributed by atoms with van der Waals surface area (Å²) in [5.74, 6) is -0.521. The largest absolute Gasteiger partial charge is 0.483 e. The molecule has 27 heavy (non-hydrogen) atoms. The number of nitrogens with zero attached hydrogens (tertiary/aromatic N) is 2. The number of rotatable bonds is 6. The van der Waals surface area contributed by atoms with E-state index in [0.717, 1.165) is 6.20 Å². The van der Waals surface area contributed by atoms with Gasteiger partial charge in [-0.25, -0.2) is 9.97 Å². The standard InChI is InChI=1S/C17H17F3N4O3.2H2/c1-10(12-5-6-21-15(7-12)24-11(2)25)23-16(26)14-4-3-13(8-22-14)27-9-17(18,19)20;;/h3-8,10H,9H2,1-2H3,(H,23,26)(H,21,24,25);2*1H. The first-order chi connectivity index (χ1) is 12.6. The van der Waals surface area contributed by atoms with Gasteiger partial charge in [0.05, 0.1) is 12.2 Å². The summed E-state index contributed by atoms with van der Waals surface area (Å²) in [6.45, 7) is 1.65. The second-order valence-electron chi connectivity index (χ2n) is 5.63. The van der Waals surface area contributed by atoms with Gasteiger partial charge in [0.2, 0.25) is 5.91 Å². The molecular formula is C17H21F3N4O3. The average Bonchev–Trinajstić information content (AvgIpc) is 2.59. The fourth-order valence-electron chi connectivity index (χ4n) is 2.08. The second kappa shape index (κ2) is 8.47. The molecule has 7 nitrogen and oxygen atoms in total. The van der Waals surface area contributed by atoms with Crippen LogP contribution in [0.1, 0.15) is 38.8 Å². The number of carbonyl (C=O) groups is 2. The predicted octanol–water partition coefficient (Wildman–Crippen LogP) is 3.36. The molecule has 0 saturated heterocycles. The summed E-state index contributed by atoms with van der Waals surface area (Å²) in [6.07, 6.45) is -1.91. The zero-order chi connectivity index (χ0) is 20.0. The number of pyridine rings is 2. The fraction of sp³-hybridized carbons (Fsp3) is 0.294. The summed E-state index contributed by atoms with van der Waals surface area (Å²) in [4.78, 5) is 31.1. The molecule has 2 aromatic rings.